The fraction of sp³-hybridized carbons (Fsp3) is 0.529. The standard InChI is InChI=1S/C17H25N3O3/c1-10(15(18)21)19-14-8-5-11-9-12(6-7-13(11)14)20-16(22)23-17(2,3)4/h6-7,9-10,14,19H,5,8H2,1-4H3,(H2,18,21)(H,20,22). The SMILES string of the molecule is CC(NC1CCc2cc(NC(=O)OC(C)(C)C)ccc21)C(N)=O. The van der Waals surface area contributed by atoms with Gasteiger partial charge in [-0.1, -0.05) is 6.07 Å². The summed E-state index contributed by atoms with van der Waals surface area (Å²) in [6, 6.07) is 5.52. The van der Waals surface area contributed by atoms with Crippen molar-refractivity contribution in [3.8, 4) is 0 Å². The number of rotatable bonds is 4. The Balaban J connectivity index is 2.04. The molecule has 0 saturated carbocycles. The lowest BCUT2D eigenvalue weighted by molar-refractivity contribution is -0.119. The lowest BCUT2D eigenvalue weighted by Gasteiger charge is -2.20. The molecule has 0 aliphatic heterocycles. The lowest BCUT2D eigenvalue weighted by atomic mass is 10.1. The Labute approximate surface area is 136 Å². The number of carbonyl (C=O) groups is 2. The molecule has 1 aliphatic carbocycles. The summed E-state index contributed by atoms with van der Waals surface area (Å²) < 4.78 is 5.25. The summed E-state index contributed by atoms with van der Waals surface area (Å²) in [5.74, 6) is -0.360. The number of nitrogens with two attached hydrogens (primary N) is 1. The Bertz CT molecular complexity index is 608. The van der Waals surface area contributed by atoms with Gasteiger partial charge in [-0.25, -0.2) is 4.79 Å². The number of nitrogens with one attached hydrogen (secondary N) is 2. The quantitative estimate of drug-likeness (QED) is 0.795. The van der Waals surface area contributed by atoms with Crippen LogP contribution in [0.2, 0.25) is 0 Å². The first-order valence-electron chi connectivity index (χ1n) is 7.84. The Morgan fingerprint density at radius 1 is 1.35 bits per heavy atom. The largest absolute Gasteiger partial charge is 0.444 e. The van der Waals surface area contributed by atoms with Crippen molar-refractivity contribution in [2.75, 3.05) is 5.32 Å². The zero-order chi connectivity index (χ0) is 17.2. The van der Waals surface area contributed by atoms with Gasteiger partial charge in [0.05, 0.1) is 6.04 Å². The highest BCUT2D eigenvalue weighted by Gasteiger charge is 2.25. The molecule has 0 spiro atoms. The van der Waals surface area contributed by atoms with E-state index >= 15 is 0 Å². The molecule has 0 aromatic heterocycles. The van der Waals surface area contributed by atoms with Gasteiger partial charge < -0.3 is 10.5 Å². The Hall–Kier alpha value is -2.08. The molecule has 0 bridgehead atoms. The molecule has 1 aromatic rings. The number of anilines is 1. The molecule has 6 heteroatoms. The van der Waals surface area contributed by atoms with Crippen molar-refractivity contribution in [1.29, 1.82) is 0 Å². The molecule has 2 amide bonds. The molecule has 1 aromatic carbocycles. The monoisotopic (exact) mass is 319 g/mol. The van der Waals surface area contributed by atoms with Crippen LogP contribution in [0.25, 0.3) is 0 Å². The zero-order valence-electron chi connectivity index (χ0n) is 14.1. The molecule has 1 aliphatic rings. The van der Waals surface area contributed by atoms with Crippen molar-refractivity contribution < 1.29 is 14.3 Å². The van der Waals surface area contributed by atoms with E-state index in [1.54, 1.807) is 6.92 Å². The number of benzene rings is 1. The van der Waals surface area contributed by atoms with Crippen LogP contribution in [0.1, 0.15) is 51.3 Å². The fourth-order valence-electron chi connectivity index (χ4n) is 2.67. The Kier molecular flexibility index (Phi) is 4.94. The van der Waals surface area contributed by atoms with E-state index in [-0.39, 0.29) is 18.0 Å². The third kappa shape index (κ3) is 4.69. The second-order valence-electron chi connectivity index (χ2n) is 6.92. The van der Waals surface area contributed by atoms with Crippen LogP contribution in [0.15, 0.2) is 18.2 Å². The predicted molar refractivity (Wildman–Crippen MR) is 89.2 cm³/mol. The van der Waals surface area contributed by atoms with E-state index in [1.807, 2.05) is 39.0 Å². The minimum Gasteiger partial charge on any atom is -0.444 e. The van der Waals surface area contributed by atoms with Crippen LogP contribution < -0.4 is 16.4 Å². The number of primary amides is 1. The van der Waals surface area contributed by atoms with Gasteiger partial charge in [0.1, 0.15) is 5.60 Å². The molecule has 23 heavy (non-hydrogen) atoms. The molecule has 0 heterocycles. The van der Waals surface area contributed by atoms with Gasteiger partial charge in [-0.15, -0.1) is 0 Å². The van der Waals surface area contributed by atoms with Gasteiger partial charge >= 0.3 is 6.09 Å². The van der Waals surface area contributed by atoms with Gasteiger partial charge in [-0.3, -0.25) is 15.4 Å². The molecular formula is C17H25N3O3. The van der Waals surface area contributed by atoms with E-state index in [9.17, 15) is 9.59 Å². The van der Waals surface area contributed by atoms with Gasteiger partial charge in [0.2, 0.25) is 5.91 Å². The Morgan fingerprint density at radius 2 is 2.04 bits per heavy atom. The normalized spacial score (nSPS) is 18.2. The van der Waals surface area contributed by atoms with Gasteiger partial charge in [-0.2, -0.15) is 0 Å². The number of hydrogen-bond acceptors (Lipinski definition) is 4. The van der Waals surface area contributed by atoms with E-state index < -0.39 is 11.7 Å². The summed E-state index contributed by atoms with van der Waals surface area (Å²) in [6.45, 7) is 7.24. The minimum atomic E-state index is -0.527. The molecule has 2 rings (SSSR count). The van der Waals surface area contributed by atoms with Crippen LogP contribution in [-0.4, -0.2) is 23.6 Å². The summed E-state index contributed by atoms with van der Waals surface area (Å²) >= 11 is 0. The summed E-state index contributed by atoms with van der Waals surface area (Å²) in [6.07, 6.45) is 1.33. The second-order valence-corrected chi connectivity index (χ2v) is 6.92. The third-order valence-corrected chi connectivity index (χ3v) is 3.74. The van der Waals surface area contributed by atoms with Crippen LogP contribution in [-0.2, 0) is 16.0 Å². The lowest BCUT2D eigenvalue weighted by Crippen LogP contribution is -2.40. The first-order valence-corrected chi connectivity index (χ1v) is 7.84. The predicted octanol–water partition coefficient (Wildman–Crippen LogP) is 2.48. The van der Waals surface area contributed by atoms with Crippen LogP contribution in [0, 0.1) is 0 Å². The number of ether oxygens (including phenoxy) is 1. The maximum atomic E-state index is 11.8. The van der Waals surface area contributed by atoms with Crippen molar-refractivity contribution in [1.82, 2.24) is 5.32 Å². The van der Waals surface area contributed by atoms with Gasteiger partial charge in [0, 0.05) is 11.7 Å². The first kappa shape index (κ1) is 17.3. The number of fused-ring (bicyclic) bond motifs is 1. The van der Waals surface area contributed by atoms with Crippen molar-refractivity contribution in [3.63, 3.8) is 0 Å². The average Bonchev–Trinajstić information content (AvgIpc) is 2.78. The van der Waals surface area contributed by atoms with Gasteiger partial charge in [0.25, 0.3) is 0 Å². The van der Waals surface area contributed by atoms with Crippen LogP contribution in [0.4, 0.5) is 10.5 Å². The van der Waals surface area contributed by atoms with Crippen LogP contribution >= 0.6 is 0 Å². The first-order chi connectivity index (χ1) is 10.7. The second kappa shape index (κ2) is 6.58. The van der Waals surface area contributed by atoms with E-state index in [1.165, 1.54) is 0 Å². The maximum absolute atomic E-state index is 11.8. The van der Waals surface area contributed by atoms with E-state index in [0.717, 1.165) is 24.0 Å². The summed E-state index contributed by atoms with van der Waals surface area (Å²) in [7, 11) is 0. The van der Waals surface area contributed by atoms with E-state index in [0.29, 0.717) is 5.69 Å². The number of amides is 2. The van der Waals surface area contributed by atoms with Crippen molar-refractivity contribution in [3.05, 3.63) is 29.3 Å². The minimum absolute atomic E-state index is 0.114. The van der Waals surface area contributed by atoms with Gasteiger partial charge in [0.15, 0.2) is 0 Å². The molecule has 2 atom stereocenters. The van der Waals surface area contributed by atoms with Crippen molar-refractivity contribution in [2.24, 2.45) is 5.73 Å². The molecule has 2 unspecified atom stereocenters. The topological polar surface area (TPSA) is 93.4 Å². The molecule has 6 nitrogen and oxygen atoms in total. The van der Waals surface area contributed by atoms with Gasteiger partial charge in [-0.05, 0) is 63.8 Å². The zero-order valence-corrected chi connectivity index (χ0v) is 14.1. The third-order valence-electron chi connectivity index (χ3n) is 3.74. The maximum Gasteiger partial charge on any atom is 0.412 e. The van der Waals surface area contributed by atoms with Crippen LogP contribution in [0.5, 0.6) is 0 Å². The van der Waals surface area contributed by atoms with Crippen molar-refractivity contribution >= 4 is 17.7 Å². The smallest absolute Gasteiger partial charge is 0.412 e. The average molecular weight is 319 g/mol. The van der Waals surface area contributed by atoms with Crippen LogP contribution in [0.3, 0.4) is 0 Å². The molecule has 126 valence electrons. The summed E-state index contributed by atoms with van der Waals surface area (Å²) in [5, 5.41) is 5.99. The molecule has 0 radical (unpaired) electrons. The molecule has 0 fully saturated rings. The highest BCUT2D eigenvalue weighted by atomic mass is 16.6. The van der Waals surface area contributed by atoms with E-state index in [2.05, 4.69) is 10.6 Å². The fourth-order valence-corrected chi connectivity index (χ4v) is 2.67. The molecule has 0 saturated heterocycles. The Morgan fingerprint density at radius 3 is 2.65 bits per heavy atom. The number of carbonyl (C=O) groups excluding carboxylic acids is 2. The number of hydrogen-bond donors (Lipinski definition) is 3. The van der Waals surface area contributed by atoms with E-state index in [4.69, 9.17) is 10.5 Å². The molecule has 4 N–H and O–H groups in total. The summed E-state index contributed by atoms with van der Waals surface area (Å²) in [4.78, 5) is 23.0. The molecular weight excluding hydrogens is 294 g/mol. The summed E-state index contributed by atoms with van der Waals surface area (Å²) in [5.41, 5.74) is 7.79. The highest BCUT2D eigenvalue weighted by Crippen LogP contribution is 2.33. The number of aryl methyl sites for hydroxylation is 1. The highest BCUT2D eigenvalue weighted by molar-refractivity contribution is 5.85. The van der Waals surface area contributed by atoms with Crippen molar-refractivity contribution in [2.45, 2.75) is 58.2 Å².